The molecule has 1 amide bonds. The Balaban J connectivity index is 1.97. The highest BCUT2D eigenvalue weighted by molar-refractivity contribution is 6.42. The van der Waals surface area contributed by atoms with Crippen molar-refractivity contribution in [2.24, 2.45) is 0 Å². The van der Waals surface area contributed by atoms with E-state index in [2.05, 4.69) is 10.3 Å². The molecule has 1 aromatic carbocycles. The van der Waals surface area contributed by atoms with Crippen LogP contribution in [0.2, 0.25) is 10.0 Å². The van der Waals surface area contributed by atoms with Crippen molar-refractivity contribution >= 4 is 40.4 Å². The van der Waals surface area contributed by atoms with Gasteiger partial charge in [0.15, 0.2) is 5.65 Å². The molecule has 3 rings (SSSR count). The van der Waals surface area contributed by atoms with Crippen LogP contribution in [0.15, 0.2) is 36.5 Å². The number of aromatic nitrogens is 2. The molecule has 0 bridgehead atoms. The number of hydrogen-bond donors (Lipinski definition) is 1. The lowest BCUT2D eigenvalue weighted by molar-refractivity contribution is 0.102. The fraction of sp³-hybridized carbons (Fsp3) is 0.125. The largest absolute Gasteiger partial charge is 0.319 e. The van der Waals surface area contributed by atoms with E-state index in [9.17, 15) is 4.79 Å². The van der Waals surface area contributed by atoms with Gasteiger partial charge in [-0.2, -0.15) is 0 Å². The first-order chi connectivity index (χ1) is 10.5. The molecule has 22 heavy (non-hydrogen) atoms. The first kappa shape index (κ1) is 14.9. The summed E-state index contributed by atoms with van der Waals surface area (Å²) in [5, 5.41) is 3.63. The van der Waals surface area contributed by atoms with Crippen LogP contribution in [0.5, 0.6) is 0 Å². The van der Waals surface area contributed by atoms with E-state index in [1.54, 1.807) is 18.2 Å². The van der Waals surface area contributed by atoms with Crippen molar-refractivity contribution in [3.63, 3.8) is 0 Å². The van der Waals surface area contributed by atoms with Gasteiger partial charge in [0.1, 0.15) is 0 Å². The van der Waals surface area contributed by atoms with Crippen molar-refractivity contribution in [1.29, 1.82) is 0 Å². The van der Waals surface area contributed by atoms with Gasteiger partial charge in [-0.25, -0.2) is 4.98 Å². The number of carbonyl (C=O) groups excluding carboxylic acids is 1. The third-order valence-corrected chi connectivity index (χ3v) is 4.29. The highest BCUT2D eigenvalue weighted by Crippen LogP contribution is 2.24. The number of hydrogen-bond acceptors (Lipinski definition) is 2. The molecule has 1 N–H and O–H groups in total. The minimum Gasteiger partial charge on any atom is -0.319 e. The number of aryl methyl sites for hydroxylation is 2. The van der Waals surface area contributed by atoms with Crippen LogP contribution < -0.4 is 5.32 Å². The number of imidazole rings is 1. The van der Waals surface area contributed by atoms with E-state index in [4.69, 9.17) is 23.2 Å². The molecule has 6 heteroatoms. The zero-order valence-corrected chi connectivity index (χ0v) is 13.5. The number of amides is 1. The van der Waals surface area contributed by atoms with Crippen LogP contribution in [0.4, 0.5) is 5.69 Å². The van der Waals surface area contributed by atoms with E-state index in [1.807, 2.05) is 36.6 Å². The molecule has 0 fully saturated rings. The summed E-state index contributed by atoms with van der Waals surface area (Å²) in [5.41, 5.74) is 3.77. The zero-order chi connectivity index (χ0) is 15.9. The van der Waals surface area contributed by atoms with E-state index >= 15 is 0 Å². The maximum Gasteiger partial charge on any atom is 0.255 e. The van der Waals surface area contributed by atoms with E-state index in [-0.39, 0.29) is 5.91 Å². The molecule has 0 radical (unpaired) electrons. The summed E-state index contributed by atoms with van der Waals surface area (Å²) in [6.45, 7) is 3.92. The first-order valence-corrected chi connectivity index (χ1v) is 7.43. The first-order valence-electron chi connectivity index (χ1n) is 6.68. The lowest BCUT2D eigenvalue weighted by atomic mass is 10.2. The number of nitrogens with one attached hydrogen (secondary N) is 1. The fourth-order valence-corrected chi connectivity index (χ4v) is 2.53. The third-order valence-electron chi connectivity index (χ3n) is 3.56. The molecule has 0 atom stereocenters. The van der Waals surface area contributed by atoms with Crippen molar-refractivity contribution in [3.8, 4) is 0 Å². The number of fused-ring (bicyclic) bond motifs is 1. The molecule has 0 unspecified atom stereocenters. The molecule has 0 spiro atoms. The summed E-state index contributed by atoms with van der Waals surface area (Å²) in [7, 11) is 0. The molecule has 0 aliphatic heterocycles. The van der Waals surface area contributed by atoms with Crippen LogP contribution in [-0.2, 0) is 0 Å². The van der Waals surface area contributed by atoms with Gasteiger partial charge in [0.05, 0.1) is 21.4 Å². The monoisotopic (exact) mass is 333 g/mol. The summed E-state index contributed by atoms with van der Waals surface area (Å²) >= 11 is 11.8. The van der Waals surface area contributed by atoms with Crippen molar-refractivity contribution in [1.82, 2.24) is 9.38 Å². The summed E-state index contributed by atoms with van der Waals surface area (Å²) in [5.74, 6) is -0.259. The summed E-state index contributed by atoms with van der Waals surface area (Å²) in [6.07, 6.45) is 1.92. The number of halogens is 2. The van der Waals surface area contributed by atoms with Crippen LogP contribution >= 0.6 is 23.2 Å². The minimum atomic E-state index is -0.259. The molecular formula is C16H13Cl2N3O. The Morgan fingerprint density at radius 3 is 2.68 bits per heavy atom. The number of nitrogens with zero attached hydrogens (tertiary/aromatic N) is 2. The molecule has 0 aliphatic carbocycles. The molecule has 0 saturated carbocycles. The Labute approximate surface area is 137 Å². The Morgan fingerprint density at radius 2 is 1.95 bits per heavy atom. The maximum absolute atomic E-state index is 12.4. The van der Waals surface area contributed by atoms with Gasteiger partial charge in [-0.15, -0.1) is 0 Å². The Kier molecular flexibility index (Phi) is 3.81. The second-order valence-corrected chi connectivity index (χ2v) is 5.80. The molecule has 0 aliphatic rings. The van der Waals surface area contributed by atoms with Crippen LogP contribution in [0, 0.1) is 13.8 Å². The predicted molar refractivity (Wildman–Crippen MR) is 89.1 cm³/mol. The fourth-order valence-electron chi connectivity index (χ4n) is 2.23. The summed E-state index contributed by atoms with van der Waals surface area (Å²) in [6, 6.07) is 8.46. The molecule has 2 aromatic heterocycles. The number of rotatable bonds is 2. The number of anilines is 1. The van der Waals surface area contributed by atoms with Gasteiger partial charge in [-0.3, -0.25) is 4.79 Å². The maximum atomic E-state index is 12.4. The lowest BCUT2D eigenvalue weighted by Gasteiger charge is -2.07. The average Bonchev–Trinajstić information content (AvgIpc) is 2.79. The Morgan fingerprint density at radius 1 is 1.18 bits per heavy atom. The lowest BCUT2D eigenvalue weighted by Crippen LogP contribution is -2.12. The van der Waals surface area contributed by atoms with Gasteiger partial charge in [-0.05, 0) is 44.2 Å². The van der Waals surface area contributed by atoms with Gasteiger partial charge in [-0.1, -0.05) is 23.2 Å². The number of benzene rings is 1. The van der Waals surface area contributed by atoms with Crippen LogP contribution in [0.25, 0.3) is 5.65 Å². The smallest absolute Gasteiger partial charge is 0.255 e. The Hall–Kier alpha value is -2.04. The third kappa shape index (κ3) is 2.56. The normalized spacial score (nSPS) is 10.9. The average molecular weight is 334 g/mol. The van der Waals surface area contributed by atoms with Gasteiger partial charge in [0.2, 0.25) is 0 Å². The molecule has 3 aromatic rings. The van der Waals surface area contributed by atoms with E-state index in [0.29, 0.717) is 26.9 Å². The van der Waals surface area contributed by atoms with Gasteiger partial charge >= 0.3 is 0 Å². The standard InChI is InChI=1S/C16H13Cl2N3O/c1-9-10(2)21-7-3-4-14(15(21)19-9)20-16(22)11-5-6-12(17)13(18)8-11/h3-8H,1-2H3,(H,20,22). The highest BCUT2D eigenvalue weighted by atomic mass is 35.5. The van der Waals surface area contributed by atoms with E-state index < -0.39 is 0 Å². The molecular weight excluding hydrogens is 321 g/mol. The topological polar surface area (TPSA) is 46.4 Å². The van der Waals surface area contributed by atoms with Crippen LogP contribution in [0.1, 0.15) is 21.7 Å². The molecule has 0 saturated heterocycles. The van der Waals surface area contributed by atoms with Crippen molar-refractivity contribution in [3.05, 3.63) is 63.5 Å². The molecule has 112 valence electrons. The van der Waals surface area contributed by atoms with Crippen LogP contribution in [0.3, 0.4) is 0 Å². The quantitative estimate of drug-likeness (QED) is 0.749. The minimum absolute atomic E-state index is 0.259. The van der Waals surface area contributed by atoms with Gasteiger partial charge in [0, 0.05) is 17.5 Å². The summed E-state index contributed by atoms with van der Waals surface area (Å²) in [4.78, 5) is 16.9. The SMILES string of the molecule is Cc1nc2c(NC(=O)c3ccc(Cl)c(Cl)c3)cccn2c1C. The number of pyridine rings is 1. The van der Waals surface area contributed by atoms with Crippen molar-refractivity contribution in [2.45, 2.75) is 13.8 Å². The molecule has 4 nitrogen and oxygen atoms in total. The second kappa shape index (κ2) is 5.63. The zero-order valence-electron chi connectivity index (χ0n) is 12.0. The van der Waals surface area contributed by atoms with E-state index in [0.717, 1.165) is 11.4 Å². The predicted octanol–water partition coefficient (Wildman–Crippen LogP) is 4.51. The number of carbonyl (C=O) groups is 1. The van der Waals surface area contributed by atoms with Gasteiger partial charge < -0.3 is 9.72 Å². The van der Waals surface area contributed by atoms with E-state index in [1.165, 1.54) is 0 Å². The Bertz CT molecular complexity index is 886. The van der Waals surface area contributed by atoms with Crippen molar-refractivity contribution < 1.29 is 4.79 Å². The molecule has 2 heterocycles. The van der Waals surface area contributed by atoms with Gasteiger partial charge in [0.25, 0.3) is 5.91 Å². The van der Waals surface area contributed by atoms with Crippen LogP contribution in [-0.4, -0.2) is 15.3 Å². The summed E-state index contributed by atoms with van der Waals surface area (Å²) < 4.78 is 1.94. The van der Waals surface area contributed by atoms with Crippen molar-refractivity contribution in [2.75, 3.05) is 5.32 Å². The second-order valence-electron chi connectivity index (χ2n) is 4.98. The highest BCUT2D eigenvalue weighted by Gasteiger charge is 2.13.